The lowest BCUT2D eigenvalue weighted by Crippen LogP contribution is -2.63. The second kappa shape index (κ2) is 13.2. The number of benzene rings is 2. The Morgan fingerprint density at radius 2 is 1.55 bits per heavy atom. The third-order valence-corrected chi connectivity index (χ3v) is 8.17. The first-order valence-electron chi connectivity index (χ1n) is 12.1. The Morgan fingerprint density at radius 3 is 2.08 bits per heavy atom. The van der Waals surface area contributed by atoms with Crippen LogP contribution in [-0.2, 0) is 35.1 Å². The van der Waals surface area contributed by atoms with Crippen molar-refractivity contribution in [2.24, 2.45) is 0 Å². The van der Waals surface area contributed by atoms with Gasteiger partial charge < -0.3 is 23.7 Å². The van der Waals surface area contributed by atoms with Crippen LogP contribution in [0.15, 0.2) is 43.0 Å². The van der Waals surface area contributed by atoms with Crippen molar-refractivity contribution in [3.8, 4) is 0 Å². The number of fused-ring (bicyclic) bond motifs is 1. The number of esters is 1. The summed E-state index contributed by atoms with van der Waals surface area (Å²) in [7, 11) is 1.36. The average Bonchev–Trinajstić information content (AvgIpc) is 3.19. The fourth-order valence-electron chi connectivity index (χ4n) is 4.61. The van der Waals surface area contributed by atoms with E-state index in [-0.39, 0.29) is 51.0 Å². The van der Waals surface area contributed by atoms with Gasteiger partial charge in [0.1, 0.15) is 18.3 Å². The number of nitrogens with zero attached hydrogens (tertiary/aromatic N) is 1. The summed E-state index contributed by atoms with van der Waals surface area (Å²) in [5.74, 6) is -2.08. The molecule has 0 aromatic heterocycles. The van der Waals surface area contributed by atoms with Gasteiger partial charge in [0, 0.05) is 14.0 Å². The van der Waals surface area contributed by atoms with Crippen molar-refractivity contribution in [1.82, 2.24) is 4.90 Å². The van der Waals surface area contributed by atoms with Gasteiger partial charge in [0.25, 0.3) is 11.8 Å². The lowest BCUT2D eigenvalue weighted by atomic mass is 9.97. The largest absolute Gasteiger partial charge is 0.454 e. The van der Waals surface area contributed by atoms with E-state index in [1.54, 1.807) is 0 Å². The molecule has 0 aliphatic carbocycles. The Morgan fingerprint density at radius 1 is 0.950 bits per heavy atom. The summed E-state index contributed by atoms with van der Waals surface area (Å²) in [4.78, 5) is 39.7. The third-order valence-electron chi connectivity index (χ3n) is 6.37. The lowest BCUT2D eigenvalue weighted by molar-refractivity contribution is -0.307. The molecule has 2 aliphatic heterocycles. The predicted octanol–water partition coefficient (Wildman–Crippen LogP) is 5.36. The number of imide groups is 1. The van der Waals surface area contributed by atoms with Crippen molar-refractivity contribution in [2.75, 3.05) is 20.3 Å². The van der Waals surface area contributed by atoms with E-state index in [9.17, 15) is 14.4 Å². The fourth-order valence-corrected chi connectivity index (χ4v) is 5.62. The molecule has 0 radical (unpaired) electrons. The number of hydrogen-bond acceptors (Lipinski definition) is 8. The summed E-state index contributed by atoms with van der Waals surface area (Å²) >= 11 is 24.9. The van der Waals surface area contributed by atoms with Crippen LogP contribution in [0.25, 0.3) is 0 Å². The van der Waals surface area contributed by atoms with Crippen molar-refractivity contribution >= 4 is 64.2 Å². The summed E-state index contributed by atoms with van der Waals surface area (Å²) in [6, 6.07) is 9.32. The van der Waals surface area contributed by atoms with E-state index >= 15 is 0 Å². The molecular weight excluding hydrogens is 608 g/mol. The van der Waals surface area contributed by atoms with Crippen molar-refractivity contribution in [3.05, 3.63) is 79.8 Å². The Balaban J connectivity index is 1.69. The fraction of sp³-hybridized carbons (Fsp3) is 0.370. The van der Waals surface area contributed by atoms with Crippen LogP contribution in [0.4, 0.5) is 0 Å². The smallest absolute Gasteiger partial charge is 0.303 e. The molecule has 0 spiro atoms. The molecule has 0 N–H and O–H groups in total. The number of hydrogen-bond donors (Lipinski definition) is 0. The van der Waals surface area contributed by atoms with Gasteiger partial charge in [-0.1, -0.05) is 82.8 Å². The number of halogens is 4. The molecule has 4 rings (SSSR count). The molecule has 40 heavy (non-hydrogen) atoms. The predicted molar refractivity (Wildman–Crippen MR) is 148 cm³/mol. The maximum absolute atomic E-state index is 13.4. The van der Waals surface area contributed by atoms with Gasteiger partial charge in [-0.05, 0) is 5.56 Å². The SMILES string of the molecule is C=CCO[C@H]1[C@H](OCc2ccccc2)[C@H](OC(C)=O)[C@@H](OC)O[C@@H]1CN1C(=O)c2c(Cl)c(Cl)c(Cl)c(Cl)c2C1=O. The normalized spacial score (nSPS) is 24.2. The molecule has 0 bridgehead atoms. The average molecular weight is 633 g/mol. The summed E-state index contributed by atoms with van der Waals surface area (Å²) in [6.45, 7) is 4.82. The highest BCUT2D eigenvalue weighted by atomic mass is 35.5. The van der Waals surface area contributed by atoms with E-state index in [1.165, 1.54) is 20.1 Å². The maximum atomic E-state index is 13.4. The van der Waals surface area contributed by atoms with Gasteiger partial charge >= 0.3 is 5.97 Å². The van der Waals surface area contributed by atoms with Gasteiger partial charge in [0.15, 0.2) is 12.4 Å². The molecule has 2 aliphatic rings. The van der Waals surface area contributed by atoms with Gasteiger partial charge in [-0.2, -0.15) is 0 Å². The number of methoxy groups -OCH3 is 1. The number of ether oxygens (including phenoxy) is 5. The van der Waals surface area contributed by atoms with Crippen LogP contribution >= 0.6 is 46.4 Å². The summed E-state index contributed by atoms with van der Waals surface area (Å²) in [5.41, 5.74) is 0.522. The molecule has 13 heteroatoms. The van der Waals surface area contributed by atoms with E-state index in [0.29, 0.717) is 0 Å². The summed E-state index contributed by atoms with van der Waals surface area (Å²) in [6.07, 6.45) is -3.52. The second-order valence-electron chi connectivity index (χ2n) is 8.93. The Hall–Kier alpha value is -2.21. The zero-order valence-corrected chi connectivity index (χ0v) is 24.4. The standard InChI is InChI=1S/C27H25Cl4NO8/c1-4-10-37-22-15(11-32-25(34)16-17(26(32)35)19(29)21(31)20(30)18(16)28)40-27(36-3)24(39-13(2)33)23(22)38-12-14-8-6-5-7-9-14/h4-9,15,22-24,27H,1,10-12H2,2-3H3/t15-,22-,23+,24+,27+/m1/s1. The highest BCUT2D eigenvalue weighted by molar-refractivity contribution is 6.55. The van der Waals surface area contributed by atoms with E-state index in [2.05, 4.69) is 6.58 Å². The minimum absolute atomic E-state index is 0.0607. The van der Waals surface area contributed by atoms with Crippen LogP contribution in [0, 0.1) is 0 Å². The first kappa shape index (κ1) is 30.7. The van der Waals surface area contributed by atoms with E-state index in [4.69, 9.17) is 70.1 Å². The quantitative estimate of drug-likeness (QED) is 0.114. The minimum Gasteiger partial charge on any atom is -0.454 e. The highest BCUT2D eigenvalue weighted by Gasteiger charge is 2.52. The molecule has 5 atom stereocenters. The molecular formula is C27H25Cl4NO8. The molecule has 0 saturated carbocycles. The highest BCUT2D eigenvalue weighted by Crippen LogP contribution is 2.45. The third kappa shape index (κ3) is 6.03. The van der Waals surface area contributed by atoms with Crippen molar-refractivity contribution in [3.63, 3.8) is 0 Å². The van der Waals surface area contributed by atoms with E-state index < -0.39 is 48.5 Å². The maximum Gasteiger partial charge on any atom is 0.303 e. The first-order valence-corrected chi connectivity index (χ1v) is 13.6. The van der Waals surface area contributed by atoms with Gasteiger partial charge in [-0.3, -0.25) is 19.3 Å². The minimum atomic E-state index is -1.12. The van der Waals surface area contributed by atoms with Crippen LogP contribution in [0.2, 0.25) is 20.1 Å². The van der Waals surface area contributed by atoms with Crippen LogP contribution < -0.4 is 0 Å². The number of carbonyl (C=O) groups is 3. The summed E-state index contributed by atoms with van der Waals surface area (Å²) in [5, 5.41) is -0.669. The number of carbonyl (C=O) groups excluding carboxylic acids is 3. The zero-order valence-electron chi connectivity index (χ0n) is 21.4. The molecule has 1 saturated heterocycles. The van der Waals surface area contributed by atoms with Crippen LogP contribution in [-0.4, -0.2) is 73.7 Å². The van der Waals surface area contributed by atoms with E-state index in [0.717, 1.165) is 10.5 Å². The van der Waals surface area contributed by atoms with Crippen LogP contribution in [0.1, 0.15) is 33.2 Å². The Kier molecular flexibility index (Phi) is 10.1. The van der Waals surface area contributed by atoms with Gasteiger partial charge in [-0.15, -0.1) is 6.58 Å². The Labute approximate surface area is 250 Å². The molecule has 2 aromatic rings. The summed E-state index contributed by atoms with van der Waals surface area (Å²) < 4.78 is 29.4. The van der Waals surface area contributed by atoms with Crippen LogP contribution in [0.5, 0.6) is 0 Å². The Bertz CT molecular complexity index is 1260. The molecule has 214 valence electrons. The zero-order chi connectivity index (χ0) is 29.1. The molecule has 2 amide bonds. The molecule has 2 aromatic carbocycles. The van der Waals surface area contributed by atoms with E-state index in [1.807, 2.05) is 30.3 Å². The van der Waals surface area contributed by atoms with Crippen molar-refractivity contribution < 1.29 is 38.1 Å². The van der Waals surface area contributed by atoms with Crippen molar-refractivity contribution in [1.29, 1.82) is 0 Å². The van der Waals surface area contributed by atoms with Crippen LogP contribution in [0.3, 0.4) is 0 Å². The molecule has 1 fully saturated rings. The van der Waals surface area contributed by atoms with Crippen molar-refractivity contribution in [2.45, 2.75) is 44.2 Å². The first-order chi connectivity index (χ1) is 19.1. The molecule has 0 unspecified atom stereocenters. The number of amides is 2. The van der Waals surface area contributed by atoms with Gasteiger partial charge in [-0.25, -0.2) is 0 Å². The molecule has 9 nitrogen and oxygen atoms in total. The number of rotatable bonds is 10. The van der Waals surface area contributed by atoms with Gasteiger partial charge in [0.05, 0.1) is 51.0 Å². The monoisotopic (exact) mass is 631 g/mol. The second-order valence-corrected chi connectivity index (χ2v) is 10.4. The topological polar surface area (TPSA) is 101 Å². The van der Waals surface area contributed by atoms with Gasteiger partial charge in [0.2, 0.25) is 0 Å². The lowest BCUT2D eigenvalue weighted by Gasteiger charge is -2.45. The molecule has 2 heterocycles.